The number of piperazine rings is 1. The smallest absolute Gasteiger partial charge is 0.321 e. The van der Waals surface area contributed by atoms with E-state index in [1.165, 1.54) is 0 Å². The number of nitrogens with zero attached hydrogens (tertiary/aromatic N) is 3. The predicted octanol–water partition coefficient (Wildman–Crippen LogP) is 4.13. The third kappa shape index (κ3) is 4.70. The lowest BCUT2D eigenvalue weighted by Gasteiger charge is -2.34. The number of aryl methyl sites for hydroxylation is 1. The first-order valence-electron chi connectivity index (χ1n) is 10.6. The largest absolute Gasteiger partial charge is 0.322 e. The molecule has 6 nitrogen and oxygen atoms in total. The number of carbonyl (C=O) groups is 2. The van der Waals surface area contributed by atoms with E-state index >= 15 is 0 Å². The summed E-state index contributed by atoms with van der Waals surface area (Å²) in [5.74, 6) is 0.123. The summed E-state index contributed by atoms with van der Waals surface area (Å²) in [6.45, 7) is 6.98. The van der Waals surface area contributed by atoms with Crippen LogP contribution < -0.4 is 5.32 Å². The van der Waals surface area contributed by atoms with Crippen LogP contribution in [-0.2, 0) is 0 Å². The van der Waals surface area contributed by atoms with Crippen molar-refractivity contribution in [3.63, 3.8) is 0 Å². The lowest BCUT2D eigenvalue weighted by atomic mass is 10.1. The average molecular weight is 417 g/mol. The van der Waals surface area contributed by atoms with Gasteiger partial charge in [0, 0.05) is 54.5 Å². The van der Waals surface area contributed by atoms with Crippen LogP contribution in [-0.4, -0.2) is 58.9 Å². The molecule has 160 valence electrons. The van der Waals surface area contributed by atoms with Crippen molar-refractivity contribution in [2.24, 2.45) is 0 Å². The molecular formula is C25H28N4O2. The van der Waals surface area contributed by atoms with Crippen LogP contribution in [0.3, 0.4) is 0 Å². The summed E-state index contributed by atoms with van der Waals surface area (Å²) in [6, 6.07) is 21.4. The highest BCUT2D eigenvalue weighted by molar-refractivity contribution is 5.99. The minimum Gasteiger partial charge on any atom is -0.322 e. The third-order valence-electron chi connectivity index (χ3n) is 5.80. The number of ketones is 1. The van der Waals surface area contributed by atoms with Crippen LogP contribution in [0.15, 0.2) is 66.7 Å². The Morgan fingerprint density at radius 1 is 0.871 bits per heavy atom. The van der Waals surface area contributed by atoms with E-state index in [0.29, 0.717) is 32.7 Å². The van der Waals surface area contributed by atoms with Crippen LogP contribution in [0.1, 0.15) is 21.7 Å². The minimum absolute atomic E-state index is 0.0939. The van der Waals surface area contributed by atoms with Gasteiger partial charge in [-0.1, -0.05) is 36.4 Å². The molecule has 1 saturated heterocycles. The normalized spacial score (nSPS) is 14.5. The number of benzene rings is 2. The number of rotatable bonds is 5. The standard InChI is InChI=1S/C25H28N4O2/c1-19-17-23(20(2)29(19)22-11-7-4-8-12-22)24(30)18-27-13-15-28(16-14-27)25(31)26-21-9-5-3-6-10-21/h3-12,17H,13-16,18H2,1-2H3,(H,26,31). The minimum atomic E-state index is -0.0939. The zero-order valence-corrected chi connectivity index (χ0v) is 18.0. The van der Waals surface area contributed by atoms with E-state index in [-0.39, 0.29) is 11.8 Å². The van der Waals surface area contributed by atoms with Gasteiger partial charge in [0.15, 0.2) is 5.78 Å². The Kier molecular flexibility index (Phi) is 6.18. The fraction of sp³-hybridized carbons (Fsp3) is 0.280. The molecule has 0 atom stereocenters. The van der Waals surface area contributed by atoms with Crippen molar-refractivity contribution in [1.29, 1.82) is 0 Å². The molecule has 6 heteroatoms. The predicted molar refractivity (Wildman–Crippen MR) is 123 cm³/mol. The Bertz CT molecular complexity index is 1050. The molecule has 0 saturated carbocycles. The van der Waals surface area contributed by atoms with Gasteiger partial charge in [0.2, 0.25) is 0 Å². The van der Waals surface area contributed by atoms with Crippen molar-refractivity contribution in [3.8, 4) is 5.69 Å². The van der Waals surface area contributed by atoms with E-state index in [1.807, 2.05) is 80.6 Å². The third-order valence-corrected chi connectivity index (χ3v) is 5.80. The Hall–Kier alpha value is -3.38. The summed E-state index contributed by atoms with van der Waals surface area (Å²) in [5, 5.41) is 2.92. The van der Waals surface area contributed by atoms with Gasteiger partial charge in [0.25, 0.3) is 0 Å². The quantitative estimate of drug-likeness (QED) is 0.637. The first kappa shape index (κ1) is 20.9. The van der Waals surface area contributed by atoms with Gasteiger partial charge in [0.05, 0.1) is 6.54 Å². The summed E-state index contributed by atoms with van der Waals surface area (Å²) in [7, 11) is 0. The lowest BCUT2D eigenvalue weighted by Crippen LogP contribution is -2.51. The maximum Gasteiger partial charge on any atom is 0.321 e. The first-order valence-corrected chi connectivity index (χ1v) is 10.6. The van der Waals surface area contributed by atoms with Crippen molar-refractivity contribution in [2.45, 2.75) is 13.8 Å². The van der Waals surface area contributed by atoms with Gasteiger partial charge in [-0.05, 0) is 44.2 Å². The summed E-state index contributed by atoms with van der Waals surface area (Å²) in [4.78, 5) is 29.4. The number of carbonyl (C=O) groups excluding carboxylic acids is 2. The Morgan fingerprint density at radius 3 is 2.13 bits per heavy atom. The molecule has 1 aliphatic rings. The number of Topliss-reactive ketones (excluding diaryl/α,β-unsaturated/α-hetero) is 1. The molecule has 0 aliphatic carbocycles. The van der Waals surface area contributed by atoms with Crippen LogP contribution in [0.25, 0.3) is 5.69 Å². The second-order valence-corrected chi connectivity index (χ2v) is 7.94. The zero-order chi connectivity index (χ0) is 21.8. The van der Waals surface area contributed by atoms with Crippen molar-refractivity contribution < 1.29 is 9.59 Å². The second kappa shape index (κ2) is 9.18. The maximum absolute atomic E-state index is 13.0. The van der Waals surface area contributed by atoms with Crippen LogP contribution in [0.5, 0.6) is 0 Å². The number of urea groups is 1. The van der Waals surface area contributed by atoms with Gasteiger partial charge < -0.3 is 14.8 Å². The topological polar surface area (TPSA) is 57.6 Å². The highest BCUT2D eigenvalue weighted by Gasteiger charge is 2.24. The van der Waals surface area contributed by atoms with Gasteiger partial charge in [0.1, 0.15) is 0 Å². The Morgan fingerprint density at radius 2 is 1.48 bits per heavy atom. The monoisotopic (exact) mass is 416 g/mol. The number of hydrogen-bond acceptors (Lipinski definition) is 3. The molecule has 1 aromatic heterocycles. The maximum atomic E-state index is 13.0. The number of hydrogen-bond donors (Lipinski definition) is 1. The number of nitrogens with one attached hydrogen (secondary N) is 1. The van der Waals surface area contributed by atoms with Crippen LogP contribution in [0.2, 0.25) is 0 Å². The molecule has 2 amide bonds. The molecule has 1 aliphatic heterocycles. The molecule has 1 N–H and O–H groups in total. The van der Waals surface area contributed by atoms with Gasteiger partial charge >= 0.3 is 6.03 Å². The van der Waals surface area contributed by atoms with E-state index in [2.05, 4.69) is 14.8 Å². The molecular weight excluding hydrogens is 388 g/mol. The van der Waals surface area contributed by atoms with Crippen LogP contribution >= 0.6 is 0 Å². The molecule has 0 unspecified atom stereocenters. The zero-order valence-electron chi connectivity index (χ0n) is 18.0. The first-order chi connectivity index (χ1) is 15.0. The Labute approximate surface area is 183 Å². The number of para-hydroxylation sites is 2. The van der Waals surface area contributed by atoms with Gasteiger partial charge in [-0.25, -0.2) is 4.79 Å². The highest BCUT2D eigenvalue weighted by atomic mass is 16.2. The number of anilines is 1. The van der Waals surface area contributed by atoms with E-state index in [1.54, 1.807) is 4.90 Å². The molecule has 0 spiro atoms. The van der Waals surface area contributed by atoms with Gasteiger partial charge in [-0.2, -0.15) is 0 Å². The fourth-order valence-electron chi connectivity index (χ4n) is 4.14. The summed E-state index contributed by atoms with van der Waals surface area (Å²) >= 11 is 0. The second-order valence-electron chi connectivity index (χ2n) is 7.94. The summed E-state index contributed by atoms with van der Waals surface area (Å²) < 4.78 is 2.12. The van der Waals surface area contributed by atoms with E-state index in [4.69, 9.17) is 0 Å². The summed E-state index contributed by atoms with van der Waals surface area (Å²) in [5.41, 5.74) is 4.64. The summed E-state index contributed by atoms with van der Waals surface area (Å²) in [6.07, 6.45) is 0. The van der Waals surface area contributed by atoms with Crippen LogP contribution in [0, 0.1) is 13.8 Å². The number of amides is 2. The highest BCUT2D eigenvalue weighted by Crippen LogP contribution is 2.21. The molecule has 2 aromatic carbocycles. The van der Waals surface area contributed by atoms with Crippen molar-refractivity contribution in [3.05, 3.63) is 83.7 Å². The van der Waals surface area contributed by atoms with Crippen molar-refractivity contribution >= 4 is 17.5 Å². The average Bonchev–Trinajstić information content (AvgIpc) is 3.09. The SMILES string of the molecule is Cc1cc(C(=O)CN2CCN(C(=O)Nc3ccccc3)CC2)c(C)n1-c1ccccc1. The molecule has 4 rings (SSSR count). The molecule has 3 aromatic rings. The fourth-order valence-corrected chi connectivity index (χ4v) is 4.14. The molecule has 2 heterocycles. The van der Waals surface area contributed by atoms with E-state index in [0.717, 1.165) is 28.3 Å². The Balaban J connectivity index is 1.35. The molecule has 0 bridgehead atoms. The lowest BCUT2D eigenvalue weighted by molar-refractivity contribution is 0.0883. The molecule has 1 fully saturated rings. The molecule has 0 radical (unpaired) electrons. The van der Waals surface area contributed by atoms with Crippen molar-refractivity contribution in [2.75, 3.05) is 38.0 Å². The van der Waals surface area contributed by atoms with Gasteiger partial charge in [-0.3, -0.25) is 9.69 Å². The van der Waals surface area contributed by atoms with E-state index < -0.39 is 0 Å². The number of aromatic nitrogens is 1. The molecule has 31 heavy (non-hydrogen) atoms. The van der Waals surface area contributed by atoms with Crippen LogP contribution in [0.4, 0.5) is 10.5 Å². The van der Waals surface area contributed by atoms with Crippen molar-refractivity contribution in [1.82, 2.24) is 14.4 Å². The van der Waals surface area contributed by atoms with E-state index in [9.17, 15) is 9.59 Å². The van der Waals surface area contributed by atoms with Gasteiger partial charge in [-0.15, -0.1) is 0 Å².